The summed E-state index contributed by atoms with van der Waals surface area (Å²) < 4.78 is 18.5. The van der Waals surface area contributed by atoms with Gasteiger partial charge in [-0.1, -0.05) is 41.9 Å². The lowest BCUT2D eigenvalue weighted by Crippen LogP contribution is -2.45. The summed E-state index contributed by atoms with van der Waals surface area (Å²) in [7, 11) is 0. The fourth-order valence-electron chi connectivity index (χ4n) is 5.59. The highest BCUT2D eigenvalue weighted by atomic mass is 35.5. The Morgan fingerprint density at radius 2 is 1.85 bits per heavy atom. The van der Waals surface area contributed by atoms with Gasteiger partial charge in [-0.15, -0.1) is 0 Å². The van der Waals surface area contributed by atoms with E-state index in [2.05, 4.69) is 10.2 Å². The summed E-state index contributed by atoms with van der Waals surface area (Å²) in [6.45, 7) is 3.40. The zero-order valence-corrected chi connectivity index (χ0v) is 22.4. The van der Waals surface area contributed by atoms with E-state index in [1.807, 2.05) is 23.1 Å². The van der Waals surface area contributed by atoms with Gasteiger partial charge in [0.2, 0.25) is 5.91 Å². The minimum absolute atomic E-state index is 0.0195. The molecule has 2 aromatic carbocycles. The maximum atomic E-state index is 13.6. The molecule has 2 amide bonds. The third-order valence-corrected chi connectivity index (χ3v) is 8.06. The number of carbonyl (C=O) groups is 3. The van der Waals surface area contributed by atoms with Crippen LogP contribution in [0.25, 0.3) is 11.3 Å². The van der Waals surface area contributed by atoms with Gasteiger partial charge in [0.05, 0.1) is 23.7 Å². The van der Waals surface area contributed by atoms with Crippen molar-refractivity contribution in [3.8, 4) is 11.3 Å². The van der Waals surface area contributed by atoms with Crippen molar-refractivity contribution in [2.75, 3.05) is 26.2 Å². The molecule has 1 spiro atoms. The van der Waals surface area contributed by atoms with Crippen LogP contribution in [0, 0.1) is 11.2 Å². The number of aromatic amines is 1. The largest absolute Gasteiger partial charge is 0.464 e. The molecule has 1 unspecified atom stereocenters. The second-order valence-electron chi connectivity index (χ2n) is 10.2. The van der Waals surface area contributed by atoms with E-state index in [-0.39, 0.29) is 41.8 Å². The van der Waals surface area contributed by atoms with Gasteiger partial charge in [-0.25, -0.2) is 9.18 Å². The molecule has 204 valence electrons. The summed E-state index contributed by atoms with van der Waals surface area (Å²) in [5, 5.41) is 7.61. The van der Waals surface area contributed by atoms with E-state index in [9.17, 15) is 18.8 Å². The number of nitrogens with one attached hydrogen (secondary N) is 1. The van der Waals surface area contributed by atoms with Crippen LogP contribution in [0.1, 0.15) is 42.2 Å². The molecule has 1 N–H and O–H groups in total. The number of likely N-dealkylation sites (tertiary alicyclic amines) is 2. The lowest BCUT2D eigenvalue weighted by molar-refractivity contribution is -0.147. The topological polar surface area (TPSA) is 95.6 Å². The molecular formula is C29H30ClFN4O4. The van der Waals surface area contributed by atoms with Crippen molar-refractivity contribution in [2.24, 2.45) is 5.41 Å². The molecule has 0 aliphatic carbocycles. The molecule has 0 bridgehead atoms. The Labute approximate surface area is 231 Å². The number of amides is 2. The van der Waals surface area contributed by atoms with Crippen LogP contribution >= 0.6 is 11.6 Å². The number of carbonyl (C=O) groups excluding carboxylic acids is 3. The van der Waals surface area contributed by atoms with Crippen LogP contribution in [0.15, 0.2) is 54.6 Å². The molecule has 8 nitrogen and oxygen atoms in total. The summed E-state index contributed by atoms with van der Waals surface area (Å²) >= 11 is 6.30. The Bertz CT molecular complexity index is 1370. The van der Waals surface area contributed by atoms with Crippen LogP contribution in [-0.2, 0) is 20.7 Å². The van der Waals surface area contributed by atoms with Gasteiger partial charge in [0, 0.05) is 25.2 Å². The third-order valence-electron chi connectivity index (χ3n) is 7.73. The number of hydrogen-bond donors (Lipinski definition) is 1. The third kappa shape index (κ3) is 5.68. The molecule has 39 heavy (non-hydrogen) atoms. The van der Waals surface area contributed by atoms with Crippen LogP contribution in [0.2, 0.25) is 5.02 Å². The predicted octanol–water partition coefficient (Wildman–Crippen LogP) is 4.50. The first kappa shape index (κ1) is 26.9. The first-order chi connectivity index (χ1) is 18.8. The van der Waals surface area contributed by atoms with Crippen molar-refractivity contribution in [1.82, 2.24) is 20.0 Å². The minimum Gasteiger partial charge on any atom is -0.464 e. The number of H-pyrrole nitrogens is 1. The van der Waals surface area contributed by atoms with Gasteiger partial charge in [0.1, 0.15) is 17.6 Å². The van der Waals surface area contributed by atoms with E-state index in [0.717, 1.165) is 5.56 Å². The first-order valence-electron chi connectivity index (χ1n) is 13.1. The molecule has 10 heteroatoms. The fourth-order valence-corrected chi connectivity index (χ4v) is 5.83. The number of rotatable bonds is 6. The van der Waals surface area contributed by atoms with Crippen molar-refractivity contribution in [3.05, 3.63) is 76.7 Å². The number of hydrogen-bond acceptors (Lipinski definition) is 5. The quantitative estimate of drug-likeness (QED) is 0.454. The molecule has 1 atom stereocenters. The smallest absolute Gasteiger partial charge is 0.328 e. The van der Waals surface area contributed by atoms with E-state index in [4.69, 9.17) is 16.3 Å². The van der Waals surface area contributed by atoms with Crippen molar-refractivity contribution in [2.45, 2.75) is 38.6 Å². The number of nitrogens with zero attached hydrogens (tertiary/aromatic N) is 3. The Kier molecular flexibility index (Phi) is 7.70. The predicted molar refractivity (Wildman–Crippen MR) is 143 cm³/mol. The maximum absolute atomic E-state index is 13.6. The average Bonchev–Trinajstić information content (AvgIpc) is 3.56. The summed E-state index contributed by atoms with van der Waals surface area (Å²) in [4.78, 5) is 42.9. The zero-order chi connectivity index (χ0) is 27.6. The van der Waals surface area contributed by atoms with Gasteiger partial charge < -0.3 is 14.5 Å². The SMILES string of the molecule is CCOC(=O)C1CC2(CCN(C(=O)Cc3ccc(F)cc3)CC2)CN1C(=O)c1cc(-c2ccccc2Cl)n[nH]1. The van der Waals surface area contributed by atoms with Crippen LogP contribution in [0.5, 0.6) is 0 Å². The summed E-state index contributed by atoms with van der Waals surface area (Å²) in [5.41, 5.74) is 1.97. The number of ether oxygens (including phenoxy) is 1. The molecular weight excluding hydrogens is 523 g/mol. The normalized spacial score (nSPS) is 18.4. The number of aromatic nitrogens is 2. The van der Waals surface area contributed by atoms with Crippen LogP contribution < -0.4 is 0 Å². The van der Waals surface area contributed by atoms with Gasteiger partial charge in [-0.2, -0.15) is 5.10 Å². The highest BCUT2D eigenvalue weighted by Crippen LogP contribution is 2.44. The van der Waals surface area contributed by atoms with Gasteiger partial charge in [0.15, 0.2) is 0 Å². The molecule has 0 saturated carbocycles. The second-order valence-corrected chi connectivity index (χ2v) is 10.6. The van der Waals surface area contributed by atoms with Crippen molar-refractivity contribution < 1.29 is 23.5 Å². The second kappa shape index (κ2) is 11.2. The van der Waals surface area contributed by atoms with E-state index < -0.39 is 12.0 Å². The Morgan fingerprint density at radius 3 is 2.54 bits per heavy atom. The first-order valence-corrected chi connectivity index (χ1v) is 13.5. The van der Waals surface area contributed by atoms with Gasteiger partial charge in [-0.3, -0.25) is 14.7 Å². The Hall–Kier alpha value is -3.72. The molecule has 1 aromatic heterocycles. The summed E-state index contributed by atoms with van der Waals surface area (Å²) in [6.07, 6.45) is 2.01. The van der Waals surface area contributed by atoms with E-state index >= 15 is 0 Å². The van der Waals surface area contributed by atoms with E-state index in [1.165, 1.54) is 12.1 Å². The monoisotopic (exact) mass is 552 g/mol. The Balaban J connectivity index is 1.29. The number of benzene rings is 2. The summed E-state index contributed by atoms with van der Waals surface area (Å²) in [6, 6.07) is 14.1. The Morgan fingerprint density at radius 1 is 1.13 bits per heavy atom. The molecule has 3 aromatic rings. The minimum atomic E-state index is -0.717. The zero-order valence-electron chi connectivity index (χ0n) is 21.7. The highest BCUT2D eigenvalue weighted by molar-refractivity contribution is 6.33. The summed E-state index contributed by atoms with van der Waals surface area (Å²) in [5.74, 6) is -1.11. The van der Waals surface area contributed by atoms with Crippen LogP contribution in [0.4, 0.5) is 4.39 Å². The number of esters is 1. The maximum Gasteiger partial charge on any atom is 0.328 e. The average molecular weight is 553 g/mol. The number of halogens is 2. The molecule has 2 aliphatic rings. The van der Waals surface area contributed by atoms with Crippen LogP contribution in [-0.4, -0.2) is 70.1 Å². The number of piperidine rings is 1. The molecule has 2 aliphatic heterocycles. The van der Waals surface area contributed by atoms with Gasteiger partial charge >= 0.3 is 5.97 Å². The van der Waals surface area contributed by atoms with Gasteiger partial charge in [-0.05, 0) is 61.4 Å². The van der Waals surface area contributed by atoms with E-state index in [0.29, 0.717) is 55.2 Å². The molecule has 2 saturated heterocycles. The fraction of sp³-hybridized carbons (Fsp3) is 0.379. The molecule has 0 radical (unpaired) electrons. The molecule has 2 fully saturated rings. The van der Waals surface area contributed by atoms with Crippen molar-refractivity contribution in [3.63, 3.8) is 0 Å². The highest BCUT2D eigenvalue weighted by Gasteiger charge is 2.51. The van der Waals surface area contributed by atoms with Crippen LogP contribution in [0.3, 0.4) is 0 Å². The lowest BCUT2D eigenvalue weighted by Gasteiger charge is -2.39. The molecule has 5 rings (SSSR count). The molecule has 3 heterocycles. The van der Waals surface area contributed by atoms with Gasteiger partial charge in [0.25, 0.3) is 5.91 Å². The van der Waals surface area contributed by atoms with E-state index in [1.54, 1.807) is 36.1 Å². The van der Waals surface area contributed by atoms with Crippen molar-refractivity contribution in [1.29, 1.82) is 0 Å². The lowest BCUT2D eigenvalue weighted by atomic mass is 9.76. The van der Waals surface area contributed by atoms with Crippen molar-refractivity contribution >= 4 is 29.4 Å². The standard InChI is InChI=1S/C29H30ClFN4O4/c1-2-39-28(38)25-17-29(11-13-34(14-12-29)26(36)15-19-7-9-20(31)10-8-19)18-35(25)27(37)24-16-23(32-33-24)21-5-3-4-6-22(21)30/h3-10,16,25H,2,11-15,17-18H2,1H3,(H,32,33).